The van der Waals surface area contributed by atoms with E-state index in [2.05, 4.69) is 25.9 Å². The maximum absolute atomic E-state index is 12.9. The molecule has 11 heteroatoms. The van der Waals surface area contributed by atoms with Gasteiger partial charge in [0.1, 0.15) is 17.1 Å². The van der Waals surface area contributed by atoms with Crippen LogP contribution in [0.5, 0.6) is 5.75 Å². The van der Waals surface area contributed by atoms with E-state index in [1.807, 2.05) is 0 Å². The van der Waals surface area contributed by atoms with Gasteiger partial charge >= 0.3 is 6.03 Å². The molecule has 1 saturated heterocycles. The molecule has 0 unspecified atom stereocenters. The van der Waals surface area contributed by atoms with Gasteiger partial charge in [-0.3, -0.25) is 20.1 Å². The highest BCUT2D eigenvalue weighted by atomic mass is 32.2. The van der Waals surface area contributed by atoms with Crippen LogP contribution in [0.15, 0.2) is 29.4 Å². The van der Waals surface area contributed by atoms with Crippen molar-refractivity contribution in [3.8, 4) is 5.75 Å². The Labute approximate surface area is 196 Å². The maximum Gasteiger partial charge on any atom is 0.344 e. The zero-order chi connectivity index (χ0) is 23.4. The maximum atomic E-state index is 12.9. The van der Waals surface area contributed by atoms with Crippen LogP contribution < -0.4 is 15.5 Å². The third-order valence-electron chi connectivity index (χ3n) is 6.20. The number of hydrogen-bond donors (Lipinski definition) is 3. The third kappa shape index (κ3) is 5.13. The highest BCUT2D eigenvalue weighted by Crippen LogP contribution is 2.30. The first kappa shape index (κ1) is 23.1. The number of H-pyrrole nitrogens is 1. The number of nitrogens with zero attached hydrogens (tertiary/aromatic N) is 3. The van der Waals surface area contributed by atoms with E-state index in [0.717, 1.165) is 41.4 Å². The molecule has 1 aliphatic carbocycles. The molecule has 4 amide bonds. The van der Waals surface area contributed by atoms with Crippen LogP contribution >= 0.6 is 11.8 Å². The fraction of sp³-hybridized carbons (Fsp3) is 0.500. The van der Waals surface area contributed by atoms with Gasteiger partial charge in [-0.1, -0.05) is 49.6 Å². The Hall–Kier alpha value is -3.08. The lowest BCUT2D eigenvalue weighted by Crippen LogP contribution is -2.48. The van der Waals surface area contributed by atoms with Crippen LogP contribution in [0.25, 0.3) is 0 Å². The summed E-state index contributed by atoms with van der Waals surface area (Å²) in [5.41, 5.74) is 1.68. The molecule has 0 bridgehead atoms. The van der Waals surface area contributed by atoms with Crippen LogP contribution in [0.3, 0.4) is 0 Å². The standard InChI is InChI=1S/C22H28N6O4S/c1-22(15-8-10-16(32-2)11-9-15)19(30)28(21(31)24-22)27-18(29)13-33-20-23-17(25-26-20)12-7-14-5-3-4-6-14/h8-11,14H,3-7,12-13H2,1-2H3,(H,24,31)(H,27,29)(H,23,25,26)/t22-/m1/s1. The van der Waals surface area contributed by atoms with Crippen LogP contribution in [0.2, 0.25) is 0 Å². The van der Waals surface area contributed by atoms with E-state index in [1.165, 1.54) is 25.7 Å². The summed E-state index contributed by atoms with van der Waals surface area (Å²) in [5.74, 6) is 1.12. The molecule has 1 aliphatic heterocycles. The molecule has 0 spiro atoms. The van der Waals surface area contributed by atoms with E-state index in [1.54, 1.807) is 38.3 Å². The molecular formula is C22H28N6O4S. The smallest absolute Gasteiger partial charge is 0.344 e. The Kier molecular flexibility index (Phi) is 6.87. The van der Waals surface area contributed by atoms with Crippen molar-refractivity contribution in [2.24, 2.45) is 5.92 Å². The van der Waals surface area contributed by atoms with Crippen molar-refractivity contribution in [3.05, 3.63) is 35.7 Å². The molecule has 1 aromatic heterocycles. The number of carbonyl (C=O) groups excluding carboxylic acids is 3. The number of urea groups is 1. The number of hydrogen-bond acceptors (Lipinski definition) is 7. The number of aromatic nitrogens is 3. The van der Waals surface area contributed by atoms with Crippen molar-refractivity contribution in [3.63, 3.8) is 0 Å². The first-order chi connectivity index (χ1) is 15.9. The van der Waals surface area contributed by atoms with Crippen molar-refractivity contribution < 1.29 is 19.1 Å². The Morgan fingerprint density at radius 1 is 1.27 bits per heavy atom. The quantitative estimate of drug-likeness (QED) is 0.378. The minimum atomic E-state index is -1.29. The highest BCUT2D eigenvalue weighted by Gasteiger charge is 2.50. The fourth-order valence-corrected chi connectivity index (χ4v) is 4.85. The summed E-state index contributed by atoms with van der Waals surface area (Å²) in [7, 11) is 1.55. The summed E-state index contributed by atoms with van der Waals surface area (Å²) in [6, 6.07) is 6.12. The average molecular weight is 473 g/mol. The van der Waals surface area contributed by atoms with Gasteiger partial charge in [-0.05, 0) is 37.0 Å². The van der Waals surface area contributed by atoms with Gasteiger partial charge in [0.05, 0.1) is 12.9 Å². The van der Waals surface area contributed by atoms with Gasteiger partial charge in [-0.25, -0.2) is 9.78 Å². The molecule has 1 atom stereocenters. The number of amides is 4. The molecule has 2 fully saturated rings. The number of ether oxygens (including phenoxy) is 1. The Bertz CT molecular complexity index is 1020. The molecule has 2 heterocycles. The molecule has 0 radical (unpaired) electrons. The fourth-order valence-electron chi connectivity index (χ4n) is 4.24. The largest absolute Gasteiger partial charge is 0.497 e. The number of thioether (sulfide) groups is 1. The SMILES string of the molecule is COc1ccc([C@@]2(C)NC(=O)N(NC(=O)CSc3n[nH]c(CCC4CCCC4)n3)C2=O)cc1. The molecule has 4 rings (SSSR count). The van der Waals surface area contributed by atoms with E-state index in [9.17, 15) is 14.4 Å². The van der Waals surface area contributed by atoms with E-state index < -0.39 is 23.4 Å². The van der Waals surface area contributed by atoms with Crippen molar-refractivity contribution in [2.45, 2.75) is 56.1 Å². The van der Waals surface area contributed by atoms with Crippen molar-refractivity contribution in [1.29, 1.82) is 0 Å². The summed E-state index contributed by atoms with van der Waals surface area (Å²) in [6.45, 7) is 1.59. The van der Waals surface area contributed by atoms with Crippen molar-refractivity contribution >= 4 is 29.6 Å². The van der Waals surface area contributed by atoms with Crippen LogP contribution in [0.4, 0.5) is 4.79 Å². The van der Waals surface area contributed by atoms with Gasteiger partial charge in [0.2, 0.25) is 11.1 Å². The van der Waals surface area contributed by atoms with Crippen LogP contribution in [-0.4, -0.2) is 50.9 Å². The Balaban J connectivity index is 1.29. The summed E-state index contributed by atoms with van der Waals surface area (Å²) < 4.78 is 5.13. The van der Waals surface area contributed by atoms with Gasteiger partial charge in [-0.15, -0.1) is 5.10 Å². The van der Waals surface area contributed by atoms with Crippen molar-refractivity contribution in [2.75, 3.05) is 12.9 Å². The molecule has 10 nitrogen and oxygen atoms in total. The van der Waals surface area contributed by atoms with Gasteiger partial charge in [-0.2, -0.15) is 5.01 Å². The monoisotopic (exact) mass is 472 g/mol. The van der Waals surface area contributed by atoms with Gasteiger partial charge in [0.25, 0.3) is 5.91 Å². The lowest BCUT2D eigenvalue weighted by atomic mass is 9.92. The third-order valence-corrected chi connectivity index (χ3v) is 7.05. The van der Waals surface area contributed by atoms with E-state index >= 15 is 0 Å². The molecule has 176 valence electrons. The predicted octanol–water partition coefficient (Wildman–Crippen LogP) is 2.53. The van der Waals surface area contributed by atoms with Gasteiger partial charge in [0.15, 0.2) is 0 Å². The number of rotatable bonds is 9. The van der Waals surface area contributed by atoms with Crippen LogP contribution in [0, 0.1) is 5.92 Å². The van der Waals surface area contributed by atoms with Crippen molar-refractivity contribution in [1.82, 2.24) is 30.9 Å². The summed E-state index contributed by atoms with van der Waals surface area (Å²) in [6.07, 6.45) is 7.14. The Morgan fingerprint density at radius 2 is 2.00 bits per heavy atom. The lowest BCUT2D eigenvalue weighted by Gasteiger charge is -2.22. The number of benzene rings is 1. The zero-order valence-corrected chi connectivity index (χ0v) is 19.5. The number of aryl methyl sites for hydroxylation is 1. The van der Waals surface area contributed by atoms with Gasteiger partial charge in [0, 0.05) is 6.42 Å². The number of nitrogens with one attached hydrogen (secondary N) is 3. The molecule has 2 aliphatic rings. The predicted molar refractivity (Wildman–Crippen MR) is 121 cm³/mol. The first-order valence-electron chi connectivity index (χ1n) is 11.0. The molecular weight excluding hydrogens is 444 g/mol. The molecule has 2 aromatic rings. The second-order valence-corrected chi connectivity index (χ2v) is 9.44. The normalized spacial score (nSPS) is 20.8. The van der Waals surface area contributed by atoms with Crippen LogP contribution in [0.1, 0.15) is 50.4 Å². The zero-order valence-electron chi connectivity index (χ0n) is 18.7. The average Bonchev–Trinajstić information content (AvgIpc) is 3.55. The lowest BCUT2D eigenvalue weighted by molar-refractivity contribution is -0.138. The first-order valence-corrected chi connectivity index (χ1v) is 12.0. The van der Waals surface area contributed by atoms with E-state index in [0.29, 0.717) is 16.5 Å². The molecule has 33 heavy (non-hydrogen) atoms. The number of aromatic amines is 1. The number of imide groups is 1. The van der Waals surface area contributed by atoms with Gasteiger partial charge < -0.3 is 10.1 Å². The number of carbonyl (C=O) groups is 3. The minimum absolute atomic E-state index is 0.0315. The Morgan fingerprint density at radius 3 is 2.70 bits per heavy atom. The molecule has 3 N–H and O–H groups in total. The number of hydrazine groups is 1. The summed E-state index contributed by atoms with van der Waals surface area (Å²) in [5, 5.41) is 10.9. The second kappa shape index (κ2) is 9.82. The summed E-state index contributed by atoms with van der Waals surface area (Å²) >= 11 is 1.14. The van der Waals surface area contributed by atoms with Crippen LogP contribution in [-0.2, 0) is 21.5 Å². The van der Waals surface area contributed by atoms with E-state index in [4.69, 9.17) is 4.74 Å². The summed E-state index contributed by atoms with van der Waals surface area (Å²) in [4.78, 5) is 42.2. The highest BCUT2D eigenvalue weighted by molar-refractivity contribution is 7.99. The minimum Gasteiger partial charge on any atom is -0.497 e. The molecule has 1 saturated carbocycles. The van der Waals surface area contributed by atoms with E-state index in [-0.39, 0.29) is 5.75 Å². The topological polar surface area (TPSA) is 129 Å². The number of methoxy groups -OCH3 is 1. The second-order valence-electron chi connectivity index (χ2n) is 8.50. The molecule has 1 aromatic carbocycles.